The van der Waals surface area contributed by atoms with E-state index in [9.17, 15) is 28.4 Å². The van der Waals surface area contributed by atoms with Crippen molar-refractivity contribution in [3.63, 3.8) is 0 Å². The first-order valence-corrected chi connectivity index (χ1v) is 20.4. The summed E-state index contributed by atoms with van der Waals surface area (Å²) >= 11 is 0. The Hall–Kier alpha value is -8.26. The summed E-state index contributed by atoms with van der Waals surface area (Å²) in [5, 5.41) is 11.7. The van der Waals surface area contributed by atoms with Gasteiger partial charge < -0.3 is 33.7 Å². The minimum absolute atomic E-state index is 0. The molecule has 6 aromatic rings. The predicted octanol–water partition coefficient (Wildman–Crippen LogP) is 6.71. The smallest absolute Gasteiger partial charge is 0.311 e. The Balaban J connectivity index is 0.000000298. The Labute approximate surface area is 394 Å². The number of pyridine rings is 1. The number of esters is 2. The predicted molar refractivity (Wildman–Crippen MR) is 249 cm³/mol. The van der Waals surface area contributed by atoms with Crippen LogP contribution in [0.2, 0.25) is 0 Å². The van der Waals surface area contributed by atoms with E-state index in [1.165, 1.54) is 65.9 Å². The second kappa shape index (κ2) is 24.5. The van der Waals surface area contributed by atoms with Crippen LogP contribution in [-0.4, -0.2) is 86.8 Å². The lowest BCUT2D eigenvalue weighted by atomic mass is 9.87. The molecule has 69 heavy (non-hydrogen) atoms. The molecule has 2 atom stereocenters. The van der Waals surface area contributed by atoms with Crippen LogP contribution in [0.4, 0.5) is 19.2 Å². The molecule has 0 aliphatic carbocycles. The Morgan fingerprint density at radius 1 is 0.739 bits per heavy atom. The van der Waals surface area contributed by atoms with Gasteiger partial charge in [-0.15, -0.1) is 0 Å². The Morgan fingerprint density at radius 2 is 1.33 bits per heavy atom. The number of ketones is 1. The monoisotopic (exact) mass is 956 g/mol. The fourth-order valence-electron chi connectivity index (χ4n) is 7.20. The van der Waals surface area contributed by atoms with Crippen molar-refractivity contribution in [2.45, 2.75) is 32.9 Å². The molecule has 2 unspecified atom stereocenters. The Bertz CT molecular complexity index is 2850. The minimum Gasteiger partial charge on any atom is -0.497 e. The van der Waals surface area contributed by atoms with Gasteiger partial charge in [-0.05, 0) is 54.1 Å². The summed E-state index contributed by atoms with van der Waals surface area (Å²) in [5.74, 6) is -3.64. The van der Waals surface area contributed by atoms with E-state index in [1.807, 2.05) is 6.07 Å². The number of nitrogens with zero attached hydrogens (tertiary/aromatic N) is 4. The molecule has 0 saturated heterocycles. The van der Waals surface area contributed by atoms with E-state index in [1.54, 1.807) is 79.1 Å². The molecule has 1 aliphatic rings. The van der Waals surface area contributed by atoms with Crippen LogP contribution in [0.1, 0.15) is 52.6 Å². The molecule has 4 aromatic carbocycles. The number of carbonyl (C=O) groups excluding carboxylic acids is 4. The van der Waals surface area contributed by atoms with Crippen LogP contribution in [0, 0.1) is 17.6 Å². The van der Waals surface area contributed by atoms with Crippen LogP contribution in [0.25, 0.3) is 5.69 Å². The number of methoxy groups -OCH3 is 6. The standard InChI is InChI=1S/C27H27FN4O5.C21H19FN2O6.CH4.FH/c1-35-18-10-11-19(20(28)13-18)26(30-16-17-7-6-12-29-15-17)25-21(14-24(33)37-3)31-32(27(25)34)22-8-4-5-9-23(22)36-2;1-28-12-8-9-13(14(22)10-12)20(26)19-15(11-18(25)30-3)23-24(21(19)27)16-6-4-5-7-17(16)29-2;;/h4-13,15,25-26,30H,14,16H2,1-3H3;4-10,23H,11H2,1-3H3;1H4;1H. The van der Waals surface area contributed by atoms with Gasteiger partial charge in [-0.3, -0.25) is 38.8 Å². The fraction of sp³-hybridized carbons (Fsp3) is 0.245. The number of rotatable bonds is 17. The lowest BCUT2D eigenvalue weighted by Crippen LogP contribution is -2.39. The van der Waals surface area contributed by atoms with Crippen molar-refractivity contribution < 1.29 is 61.1 Å². The molecule has 20 heteroatoms. The van der Waals surface area contributed by atoms with Crippen molar-refractivity contribution >= 4 is 35.0 Å². The van der Waals surface area contributed by atoms with Gasteiger partial charge in [0.1, 0.15) is 57.5 Å². The third kappa shape index (κ3) is 12.0. The number of carbonyl (C=O) groups is 4. The molecule has 1 amide bonds. The van der Waals surface area contributed by atoms with E-state index >= 15 is 4.39 Å². The van der Waals surface area contributed by atoms with Crippen molar-refractivity contribution in [3.05, 3.63) is 159 Å². The lowest BCUT2D eigenvalue weighted by Gasteiger charge is -2.26. The first-order valence-electron chi connectivity index (χ1n) is 20.4. The summed E-state index contributed by atoms with van der Waals surface area (Å²) in [7, 11) is 8.17. The molecule has 0 spiro atoms. The third-order valence-electron chi connectivity index (χ3n) is 10.5. The van der Waals surface area contributed by atoms with Gasteiger partial charge in [-0.2, -0.15) is 10.1 Å². The van der Waals surface area contributed by atoms with E-state index < -0.39 is 52.8 Å². The number of hydrazone groups is 1. The first-order chi connectivity index (χ1) is 32.4. The Morgan fingerprint density at radius 3 is 1.91 bits per heavy atom. The highest BCUT2D eigenvalue weighted by atomic mass is 19.1. The van der Waals surface area contributed by atoms with Crippen molar-refractivity contribution in [3.8, 4) is 28.7 Å². The highest BCUT2D eigenvalue weighted by Crippen LogP contribution is 2.38. The van der Waals surface area contributed by atoms with Gasteiger partial charge in [0.05, 0.1) is 78.5 Å². The SMILES string of the molecule is C.COC(=O)CC1=NN(c2ccccc2OC)C(=O)C1C(NCc1cccnc1)c1ccc(OC)cc1F.COC(=O)Cc1[nH]n(-c2ccccc2OC)c(=O)c1C(=O)c1ccc(OC)cc1F.F. The fourth-order valence-corrected chi connectivity index (χ4v) is 7.20. The van der Waals surface area contributed by atoms with Crippen LogP contribution in [0.15, 0.2) is 119 Å². The third-order valence-corrected chi connectivity index (χ3v) is 10.5. The number of ether oxygens (including phenoxy) is 6. The molecule has 7 rings (SSSR count). The van der Waals surface area contributed by atoms with Crippen LogP contribution in [-0.2, 0) is 36.8 Å². The summed E-state index contributed by atoms with van der Waals surface area (Å²) in [4.78, 5) is 68.4. The molecule has 2 N–H and O–H groups in total. The minimum atomic E-state index is -1.01. The number of benzene rings is 4. The maximum Gasteiger partial charge on any atom is 0.311 e. The second-order valence-corrected chi connectivity index (χ2v) is 14.5. The number of hydrogen-bond acceptors (Lipinski definition) is 14. The van der Waals surface area contributed by atoms with E-state index in [4.69, 9.17) is 23.7 Å². The molecule has 1 aliphatic heterocycles. The summed E-state index contributed by atoms with van der Waals surface area (Å²) in [5.41, 5.74) is 0.577. The van der Waals surface area contributed by atoms with Gasteiger partial charge in [-0.1, -0.05) is 43.8 Å². The molecule has 0 saturated carbocycles. The van der Waals surface area contributed by atoms with Crippen LogP contribution in [0.5, 0.6) is 23.0 Å². The number of nitrogens with one attached hydrogen (secondary N) is 2. The second-order valence-electron chi connectivity index (χ2n) is 14.5. The highest BCUT2D eigenvalue weighted by Gasteiger charge is 2.44. The zero-order chi connectivity index (χ0) is 48.2. The average molecular weight is 957 g/mol. The normalized spacial score (nSPS) is 13.0. The number of amides is 1. The number of aromatic amines is 1. The Kier molecular flexibility index (Phi) is 18.9. The van der Waals surface area contributed by atoms with Crippen molar-refractivity contribution in [2.24, 2.45) is 11.0 Å². The number of hydrogen-bond donors (Lipinski definition) is 2. The number of para-hydroxylation sites is 4. The van der Waals surface area contributed by atoms with Gasteiger partial charge in [-0.25, -0.2) is 13.5 Å². The summed E-state index contributed by atoms with van der Waals surface area (Å²) < 4.78 is 61.2. The van der Waals surface area contributed by atoms with E-state index in [2.05, 4.69) is 25.2 Å². The maximum absolute atomic E-state index is 15.4. The van der Waals surface area contributed by atoms with Crippen molar-refractivity contribution in [1.29, 1.82) is 0 Å². The van der Waals surface area contributed by atoms with Gasteiger partial charge in [0, 0.05) is 36.6 Å². The van der Waals surface area contributed by atoms with Crippen molar-refractivity contribution in [2.75, 3.05) is 47.7 Å². The highest BCUT2D eigenvalue weighted by molar-refractivity contribution is 6.20. The number of H-pyrrole nitrogens is 1. The topological polar surface area (TPSA) is 202 Å². The quantitative estimate of drug-likeness (QED) is 0.0723. The lowest BCUT2D eigenvalue weighted by molar-refractivity contribution is -0.140. The summed E-state index contributed by atoms with van der Waals surface area (Å²) in [6.07, 6.45) is 2.69. The zero-order valence-electron chi connectivity index (χ0n) is 37.6. The van der Waals surface area contributed by atoms with Crippen molar-refractivity contribution in [1.82, 2.24) is 20.1 Å². The molecule has 0 bridgehead atoms. The molecule has 2 aromatic heterocycles. The molecular weight excluding hydrogens is 906 g/mol. The van der Waals surface area contributed by atoms with Gasteiger partial charge in [0.2, 0.25) is 5.78 Å². The van der Waals surface area contributed by atoms with Crippen LogP contribution >= 0.6 is 0 Å². The molecule has 17 nitrogen and oxygen atoms in total. The van der Waals surface area contributed by atoms with Gasteiger partial charge >= 0.3 is 11.9 Å². The number of anilines is 1. The summed E-state index contributed by atoms with van der Waals surface area (Å²) in [6.45, 7) is 0.286. The zero-order valence-corrected chi connectivity index (χ0v) is 37.6. The molecular formula is C49H51F3N6O11. The van der Waals surface area contributed by atoms with Crippen LogP contribution in [0.3, 0.4) is 0 Å². The number of aromatic nitrogens is 3. The first kappa shape index (κ1) is 53.4. The summed E-state index contributed by atoms with van der Waals surface area (Å²) in [6, 6.07) is 24.4. The van der Waals surface area contributed by atoms with Gasteiger partial charge in [0.15, 0.2) is 0 Å². The average Bonchev–Trinajstić information content (AvgIpc) is 3.85. The van der Waals surface area contributed by atoms with Gasteiger partial charge in [0.25, 0.3) is 11.5 Å². The van der Waals surface area contributed by atoms with Crippen LogP contribution < -0.4 is 34.8 Å². The van der Waals surface area contributed by atoms with E-state index in [-0.39, 0.29) is 65.4 Å². The molecule has 0 fully saturated rings. The maximum atomic E-state index is 15.4. The molecule has 364 valence electrons. The largest absolute Gasteiger partial charge is 0.497 e. The van der Waals surface area contributed by atoms with E-state index in [0.717, 1.165) is 16.3 Å². The molecule has 0 radical (unpaired) electrons. The number of halogens is 3. The van der Waals surface area contributed by atoms with E-state index in [0.29, 0.717) is 28.6 Å². The molecule has 3 heterocycles.